The lowest BCUT2D eigenvalue weighted by atomic mass is 10.8. The van der Waals surface area contributed by atoms with Crippen LogP contribution >= 0.6 is 0 Å². The summed E-state index contributed by atoms with van der Waals surface area (Å²) < 4.78 is 16.2. The number of hydrogen-bond donors (Lipinski definition) is 4. The Morgan fingerprint density at radius 2 is 1.75 bits per heavy atom. The molecule has 1 atom stereocenters. The van der Waals surface area contributed by atoms with E-state index >= 15 is 0 Å². The first-order chi connectivity index (χ1) is 3.65. The molecule has 0 aliphatic heterocycles. The van der Waals surface area contributed by atoms with Crippen molar-refractivity contribution in [3.8, 4) is 0 Å². The van der Waals surface area contributed by atoms with Gasteiger partial charge in [0, 0.05) is 6.54 Å². The second-order valence-electron chi connectivity index (χ2n) is 0.788. The standard InChI is InChI=1S/C2H7NO.H3NO2S/c3-1-2-4;1-4(2)3/h4H,1-3H2;1H2,(H,2,3). The summed E-state index contributed by atoms with van der Waals surface area (Å²) in [6.07, 6.45) is 0. The molecule has 0 aromatic rings. The van der Waals surface area contributed by atoms with Gasteiger partial charge >= 0.3 is 0 Å². The molecule has 5 nitrogen and oxygen atoms in total. The third-order valence-corrected chi connectivity index (χ3v) is 0.129. The summed E-state index contributed by atoms with van der Waals surface area (Å²) >= 11 is -2.11. The van der Waals surface area contributed by atoms with Gasteiger partial charge in [-0.3, -0.25) is 4.55 Å². The monoisotopic (exact) mass is 142 g/mol. The summed E-state index contributed by atoms with van der Waals surface area (Å²) in [7, 11) is 0. The highest BCUT2D eigenvalue weighted by molar-refractivity contribution is 7.76. The zero-order valence-electron chi connectivity index (χ0n) is 4.28. The average molecular weight is 142 g/mol. The van der Waals surface area contributed by atoms with E-state index in [0.29, 0.717) is 6.54 Å². The molecular formula is C2H10N2O3S. The number of nitrogens with two attached hydrogens (primary N) is 2. The second-order valence-corrected chi connectivity index (χ2v) is 1.34. The van der Waals surface area contributed by atoms with Crippen LogP contribution in [0.15, 0.2) is 0 Å². The van der Waals surface area contributed by atoms with Gasteiger partial charge in [0.1, 0.15) is 0 Å². The third-order valence-electron chi connectivity index (χ3n) is 0.129. The minimum Gasteiger partial charge on any atom is -0.395 e. The van der Waals surface area contributed by atoms with Crippen molar-refractivity contribution in [1.29, 1.82) is 0 Å². The quantitative estimate of drug-likeness (QED) is 0.318. The Hall–Kier alpha value is -0.0100. The number of aliphatic hydroxyl groups is 1. The van der Waals surface area contributed by atoms with E-state index in [1.54, 1.807) is 0 Å². The van der Waals surface area contributed by atoms with Crippen LogP contribution in [0.3, 0.4) is 0 Å². The predicted octanol–water partition coefficient (Wildman–Crippen LogP) is -1.98. The van der Waals surface area contributed by atoms with Crippen molar-refractivity contribution in [3.05, 3.63) is 0 Å². The Kier molecular flexibility index (Phi) is 13.7. The lowest BCUT2D eigenvalue weighted by Crippen LogP contribution is -2.02. The highest BCUT2D eigenvalue weighted by Gasteiger charge is 1.59. The van der Waals surface area contributed by atoms with Crippen LogP contribution in [0.1, 0.15) is 0 Å². The van der Waals surface area contributed by atoms with Crippen molar-refractivity contribution in [1.82, 2.24) is 0 Å². The summed E-state index contributed by atoms with van der Waals surface area (Å²) in [5.41, 5.74) is 4.78. The maximum absolute atomic E-state index is 8.89. The molecule has 0 saturated carbocycles. The van der Waals surface area contributed by atoms with Gasteiger partial charge in [0.15, 0.2) is 0 Å². The molecule has 0 rings (SSSR count). The van der Waals surface area contributed by atoms with Crippen molar-refractivity contribution in [2.24, 2.45) is 10.9 Å². The van der Waals surface area contributed by atoms with E-state index in [-0.39, 0.29) is 6.61 Å². The van der Waals surface area contributed by atoms with Crippen LogP contribution in [-0.4, -0.2) is 27.0 Å². The van der Waals surface area contributed by atoms with Crippen molar-refractivity contribution in [2.45, 2.75) is 0 Å². The molecule has 6 N–H and O–H groups in total. The van der Waals surface area contributed by atoms with E-state index in [1.807, 2.05) is 0 Å². The Balaban J connectivity index is 0. The minimum absolute atomic E-state index is 0.0972. The summed E-state index contributed by atoms with van der Waals surface area (Å²) in [6.45, 7) is 0.472. The first kappa shape index (κ1) is 10.9. The van der Waals surface area contributed by atoms with Crippen LogP contribution in [0.2, 0.25) is 0 Å². The molecule has 52 valence electrons. The molecule has 0 aromatic heterocycles. The summed E-state index contributed by atoms with van der Waals surface area (Å²) in [5, 5.41) is 11.9. The number of hydrogen-bond acceptors (Lipinski definition) is 3. The van der Waals surface area contributed by atoms with E-state index in [4.69, 9.17) is 19.6 Å². The fourth-order valence-corrected chi connectivity index (χ4v) is 0. The van der Waals surface area contributed by atoms with Crippen LogP contribution in [-0.2, 0) is 11.3 Å². The SMILES string of the molecule is NCCO.NS(=O)O. The molecule has 0 saturated heterocycles. The van der Waals surface area contributed by atoms with Crippen LogP contribution in [0.25, 0.3) is 0 Å². The molecule has 1 unspecified atom stereocenters. The van der Waals surface area contributed by atoms with Gasteiger partial charge in [0.25, 0.3) is 0 Å². The highest BCUT2D eigenvalue weighted by Crippen LogP contribution is 1.34. The van der Waals surface area contributed by atoms with E-state index in [1.165, 1.54) is 0 Å². The van der Waals surface area contributed by atoms with Gasteiger partial charge in [0.2, 0.25) is 11.3 Å². The Morgan fingerprint density at radius 1 is 1.62 bits per heavy atom. The van der Waals surface area contributed by atoms with E-state index in [2.05, 4.69) is 5.14 Å². The minimum atomic E-state index is -2.11. The first-order valence-corrected chi connectivity index (χ1v) is 2.98. The van der Waals surface area contributed by atoms with E-state index < -0.39 is 11.3 Å². The normalized spacial score (nSPS) is 11.5. The highest BCUT2D eigenvalue weighted by atomic mass is 32.2. The first-order valence-electron chi connectivity index (χ1n) is 1.81. The van der Waals surface area contributed by atoms with Crippen LogP contribution in [0, 0.1) is 0 Å². The summed E-state index contributed by atoms with van der Waals surface area (Å²) in [4.78, 5) is 0. The van der Waals surface area contributed by atoms with Gasteiger partial charge in [-0.05, 0) is 0 Å². The van der Waals surface area contributed by atoms with Gasteiger partial charge < -0.3 is 10.8 Å². The molecule has 0 radical (unpaired) electrons. The molecule has 0 spiro atoms. The summed E-state index contributed by atoms with van der Waals surface area (Å²) in [5.74, 6) is 0. The topological polar surface area (TPSA) is 110 Å². The molecule has 6 heteroatoms. The predicted molar refractivity (Wildman–Crippen MR) is 31.1 cm³/mol. The molecule has 0 fully saturated rings. The van der Waals surface area contributed by atoms with Crippen molar-refractivity contribution < 1.29 is 13.9 Å². The molecule has 0 bridgehead atoms. The van der Waals surface area contributed by atoms with Gasteiger partial charge in [-0.2, -0.15) is 0 Å². The Bertz CT molecular complexity index is 53.2. The fourth-order valence-electron chi connectivity index (χ4n) is 0. The fraction of sp³-hybridized carbons (Fsp3) is 1.00. The number of rotatable bonds is 1. The molecule has 0 aliphatic carbocycles. The van der Waals surface area contributed by atoms with Gasteiger partial charge in [0.05, 0.1) is 6.61 Å². The van der Waals surface area contributed by atoms with Gasteiger partial charge in [-0.1, -0.05) is 0 Å². The number of aliphatic hydroxyl groups excluding tert-OH is 1. The van der Waals surface area contributed by atoms with Gasteiger partial charge in [-0.15, -0.1) is 0 Å². The molecule has 0 aromatic carbocycles. The third kappa shape index (κ3) is 152. The summed E-state index contributed by atoms with van der Waals surface area (Å²) in [6, 6.07) is 0. The molecule has 0 amide bonds. The molecule has 0 aliphatic rings. The smallest absolute Gasteiger partial charge is 0.228 e. The van der Waals surface area contributed by atoms with E-state index in [0.717, 1.165) is 0 Å². The Labute approximate surface area is 50.1 Å². The largest absolute Gasteiger partial charge is 0.395 e. The Morgan fingerprint density at radius 3 is 1.75 bits per heavy atom. The maximum atomic E-state index is 8.89. The zero-order valence-corrected chi connectivity index (χ0v) is 5.10. The lowest BCUT2D eigenvalue weighted by Gasteiger charge is -1.71. The molecular weight excluding hydrogens is 132 g/mol. The molecule has 0 heterocycles. The van der Waals surface area contributed by atoms with Crippen LogP contribution < -0.4 is 10.9 Å². The van der Waals surface area contributed by atoms with Gasteiger partial charge in [-0.25, -0.2) is 9.35 Å². The maximum Gasteiger partial charge on any atom is 0.228 e. The lowest BCUT2D eigenvalue weighted by molar-refractivity contribution is 0.306. The van der Waals surface area contributed by atoms with Crippen LogP contribution in [0.4, 0.5) is 0 Å². The van der Waals surface area contributed by atoms with E-state index in [9.17, 15) is 0 Å². The van der Waals surface area contributed by atoms with Crippen LogP contribution in [0.5, 0.6) is 0 Å². The van der Waals surface area contributed by atoms with Crippen molar-refractivity contribution in [3.63, 3.8) is 0 Å². The van der Waals surface area contributed by atoms with Crippen molar-refractivity contribution >= 4 is 11.3 Å². The second kappa shape index (κ2) is 10.1. The van der Waals surface area contributed by atoms with Crippen molar-refractivity contribution in [2.75, 3.05) is 13.2 Å². The molecule has 8 heavy (non-hydrogen) atoms. The zero-order chi connectivity index (χ0) is 6.99. The average Bonchev–Trinajstić information content (AvgIpc) is 1.65.